The zero-order valence-electron chi connectivity index (χ0n) is 9.33. The summed E-state index contributed by atoms with van der Waals surface area (Å²) in [6.07, 6.45) is 2.03. The number of hydrogen-bond acceptors (Lipinski definition) is 7. The predicted octanol–water partition coefficient (Wildman–Crippen LogP) is 1.66. The highest BCUT2D eigenvalue weighted by molar-refractivity contribution is 5.46. The second-order valence-corrected chi connectivity index (χ2v) is 4.00. The van der Waals surface area contributed by atoms with Crippen LogP contribution in [0.3, 0.4) is 0 Å². The van der Waals surface area contributed by atoms with Gasteiger partial charge in [0.15, 0.2) is 11.6 Å². The molecule has 1 N–H and O–H groups in total. The summed E-state index contributed by atoms with van der Waals surface area (Å²) in [5.74, 6) is 0.579. The summed E-state index contributed by atoms with van der Waals surface area (Å²) < 4.78 is 10.0. The van der Waals surface area contributed by atoms with Gasteiger partial charge in [0, 0.05) is 0 Å². The van der Waals surface area contributed by atoms with Crippen molar-refractivity contribution in [2.75, 3.05) is 6.54 Å². The van der Waals surface area contributed by atoms with Gasteiger partial charge in [-0.2, -0.15) is 4.98 Å². The molecule has 1 atom stereocenters. The van der Waals surface area contributed by atoms with Crippen molar-refractivity contribution in [3.05, 3.63) is 28.1 Å². The maximum Gasteiger partial charge on any atom is 0.433 e. The fraction of sp³-hybridized carbons (Fsp3) is 0.400. The van der Waals surface area contributed by atoms with Gasteiger partial charge in [0.2, 0.25) is 0 Å². The minimum atomic E-state index is -0.612. The molecule has 2 aromatic heterocycles. The van der Waals surface area contributed by atoms with Crippen LogP contribution in [-0.4, -0.2) is 21.6 Å². The van der Waals surface area contributed by atoms with Crippen LogP contribution in [0.2, 0.25) is 0 Å². The molecule has 8 heteroatoms. The molecule has 0 aromatic carbocycles. The Hall–Kier alpha value is -2.22. The van der Waals surface area contributed by atoms with Gasteiger partial charge < -0.3 is 14.3 Å². The fourth-order valence-corrected chi connectivity index (χ4v) is 1.92. The van der Waals surface area contributed by atoms with Crippen molar-refractivity contribution in [2.45, 2.75) is 18.9 Å². The van der Waals surface area contributed by atoms with E-state index in [2.05, 4.69) is 15.5 Å². The third-order valence-electron chi connectivity index (χ3n) is 2.80. The largest absolute Gasteiger partial charge is 0.433 e. The zero-order chi connectivity index (χ0) is 12.5. The highest BCUT2D eigenvalue weighted by Gasteiger charge is 2.24. The van der Waals surface area contributed by atoms with Gasteiger partial charge in [-0.1, -0.05) is 5.16 Å². The molecule has 0 bridgehead atoms. The monoisotopic (exact) mass is 250 g/mol. The molecular weight excluding hydrogens is 240 g/mol. The van der Waals surface area contributed by atoms with E-state index in [9.17, 15) is 10.1 Å². The predicted molar refractivity (Wildman–Crippen MR) is 58.6 cm³/mol. The molecule has 3 heterocycles. The number of nitrogens with zero attached hydrogens (tertiary/aromatic N) is 3. The van der Waals surface area contributed by atoms with Crippen LogP contribution in [0.25, 0.3) is 11.7 Å². The van der Waals surface area contributed by atoms with Crippen LogP contribution in [0.4, 0.5) is 5.88 Å². The van der Waals surface area contributed by atoms with Crippen molar-refractivity contribution in [2.24, 2.45) is 0 Å². The number of nitro groups is 1. The van der Waals surface area contributed by atoms with Crippen LogP contribution >= 0.6 is 0 Å². The number of rotatable bonds is 3. The Kier molecular flexibility index (Phi) is 2.56. The quantitative estimate of drug-likeness (QED) is 0.651. The minimum absolute atomic E-state index is 0.0902. The summed E-state index contributed by atoms with van der Waals surface area (Å²) in [5, 5.41) is 17.6. The Labute approximate surface area is 101 Å². The van der Waals surface area contributed by atoms with Gasteiger partial charge in [-0.3, -0.25) is 10.1 Å². The van der Waals surface area contributed by atoms with Gasteiger partial charge in [0.25, 0.3) is 5.89 Å². The summed E-state index contributed by atoms with van der Waals surface area (Å²) in [4.78, 5) is 14.1. The van der Waals surface area contributed by atoms with Crippen LogP contribution in [-0.2, 0) is 0 Å². The van der Waals surface area contributed by atoms with Crippen molar-refractivity contribution in [1.82, 2.24) is 15.5 Å². The van der Waals surface area contributed by atoms with Gasteiger partial charge in [-0.15, -0.1) is 0 Å². The fourth-order valence-electron chi connectivity index (χ4n) is 1.92. The average molecular weight is 250 g/mol. The van der Waals surface area contributed by atoms with Gasteiger partial charge in [-0.05, 0) is 25.5 Å². The third kappa shape index (κ3) is 1.86. The number of aromatic nitrogens is 2. The van der Waals surface area contributed by atoms with E-state index in [0.29, 0.717) is 5.82 Å². The van der Waals surface area contributed by atoms with E-state index in [-0.39, 0.29) is 23.6 Å². The zero-order valence-corrected chi connectivity index (χ0v) is 9.33. The number of nitrogens with one attached hydrogen (secondary N) is 1. The first-order chi connectivity index (χ1) is 8.74. The van der Waals surface area contributed by atoms with Crippen LogP contribution < -0.4 is 5.32 Å². The summed E-state index contributed by atoms with van der Waals surface area (Å²) >= 11 is 0. The van der Waals surface area contributed by atoms with Gasteiger partial charge in [-0.25, -0.2) is 0 Å². The lowest BCUT2D eigenvalue weighted by Crippen LogP contribution is -2.14. The molecule has 94 valence electrons. The Bertz CT molecular complexity index is 570. The minimum Gasteiger partial charge on any atom is -0.395 e. The van der Waals surface area contributed by atoms with Crippen molar-refractivity contribution in [3.8, 4) is 11.7 Å². The standard InChI is InChI=1S/C10H10N4O4/c15-14(16)8-4-3-7(17-8)10-12-9(13-18-10)6-2-1-5-11-6/h3-4,6,11H,1-2,5H2. The molecule has 8 nitrogen and oxygen atoms in total. The highest BCUT2D eigenvalue weighted by atomic mass is 16.6. The van der Waals surface area contributed by atoms with Crippen molar-refractivity contribution >= 4 is 5.88 Å². The molecule has 18 heavy (non-hydrogen) atoms. The average Bonchev–Trinajstić information content (AvgIpc) is 3.10. The number of hydrogen-bond donors (Lipinski definition) is 1. The molecule has 0 radical (unpaired) electrons. The van der Waals surface area contributed by atoms with E-state index in [0.717, 1.165) is 19.4 Å². The van der Waals surface area contributed by atoms with Crippen molar-refractivity contribution in [1.29, 1.82) is 0 Å². The third-order valence-corrected chi connectivity index (χ3v) is 2.80. The first-order valence-electron chi connectivity index (χ1n) is 5.55. The lowest BCUT2D eigenvalue weighted by atomic mass is 10.2. The molecule has 0 saturated carbocycles. The molecule has 0 amide bonds. The second-order valence-electron chi connectivity index (χ2n) is 4.00. The SMILES string of the molecule is O=[N+]([O-])c1ccc(-c2nc(C3CCCN3)no2)o1. The summed E-state index contributed by atoms with van der Waals surface area (Å²) in [6.45, 7) is 0.931. The molecule has 3 rings (SSSR count). The van der Waals surface area contributed by atoms with E-state index in [4.69, 9.17) is 8.94 Å². The maximum atomic E-state index is 10.5. The lowest BCUT2D eigenvalue weighted by Gasteiger charge is -2.01. The van der Waals surface area contributed by atoms with Crippen LogP contribution in [0, 0.1) is 10.1 Å². The molecular formula is C10H10N4O4. The van der Waals surface area contributed by atoms with Crippen LogP contribution in [0.5, 0.6) is 0 Å². The van der Waals surface area contributed by atoms with E-state index in [1.165, 1.54) is 12.1 Å². The molecule has 1 fully saturated rings. The normalized spacial score (nSPS) is 19.2. The van der Waals surface area contributed by atoms with Gasteiger partial charge >= 0.3 is 5.88 Å². The first-order valence-corrected chi connectivity index (χ1v) is 5.55. The van der Waals surface area contributed by atoms with Crippen molar-refractivity contribution in [3.63, 3.8) is 0 Å². The molecule has 1 unspecified atom stereocenters. The Morgan fingerprint density at radius 2 is 2.39 bits per heavy atom. The molecule has 1 saturated heterocycles. The van der Waals surface area contributed by atoms with Gasteiger partial charge in [0.05, 0.1) is 12.1 Å². The molecule has 1 aliphatic heterocycles. The lowest BCUT2D eigenvalue weighted by molar-refractivity contribution is -0.401. The molecule has 0 spiro atoms. The summed E-state index contributed by atoms with van der Waals surface area (Å²) in [7, 11) is 0. The van der Waals surface area contributed by atoms with Crippen LogP contribution in [0.15, 0.2) is 21.1 Å². The van der Waals surface area contributed by atoms with E-state index in [1.807, 2.05) is 0 Å². The van der Waals surface area contributed by atoms with E-state index in [1.54, 1.807) is 0 Å². The highest BCUT2D eigenvalue weighted by Crippen LogP contribution is 2.27. The number of furan rings is 1. The Balaban J connectivity index is 1.85. The molecule has 0 aliphatic carbocycles. The van der Waals surface area contributed by atoms with E-state index >= 15 is 0 Å². The van der Waals surface area contributed by atoms with Crippen molar-refractivity contribution < 1.29 is 13.9 Å². The summed E-state index contributed by atoms with van der Waals surface area (Å²) in [5.41, 5.74) is 0. The van der Waals surface area contributed by atoms with Crippen LogP contribution in [0.1, 0.15) is 24.7 Å². The van der Waals surface area contributed by atoms with Gasteiger partial charge in [0.1, 0.15) is 4.92 Å². The van der Waals surface area contributed by atoms with E-state index < -0.39 is 4.92 Å². The first kappa shape index (κ1) is 10.9. The topological polar surface area (TPSA) is 107 Å². The second kappa shape index (κ2) is 4.22. The molecule has 2 aromatic rings. The molecule has 1 aliphatic rings. The Morgan fingerprint density at radius 1 is 1.50 bits per heavy atom. The Morgan fingerprint density at radius 3 is 3.06 bits per heavy atom. The maximum absolute atomic E-state index is 10.5. The smallest absolute Gasteiger partial charge is 0.395 e. The summed E-state index contributed by atoms with van der Waals surface area (Å²) in [6, 6.07) is 2.79.